The van der Waals surface area contributed by atoms with E-state index in [0.29, 0.717) is 0 Å². The van der Waals surface area contributed by atoms with Gasteiger partial charge in [0.1, 0.15) is 12.7 Å². The Bertz CT molecular complexity index is 1140. The van der Waals surface area contributed by atoms with Gasteiger partial charge < -0.3 is 14.8 Å². The van der Waals surface area contributed by atoms with Crippen LogP contribution >= 0.6 is 11.6 Å². The van der Waals surface area contributed by atoms with Gasteiger partial charge in [0, 0.05) is 60.5 Å². The zero-order valence-electron chi connectivity index (χ0n) is 18.3. The van der Waals surface area contributed by atoms with Crippen LogP contribution < -0.4 is 0 Å². The molecule has 6 nitrogen and oxygen atoms in total. The number of nitrogens with zero attached hydrogens (tertiary/aromatic N) is 5. The summed E-state index contributed by atoms with van der Waals surface area (Å²) in [5.41, 5.74) is 4.99. The second-order valence-corrected chi connectivity index (χ2v) is 9.02. The highest BCUT2D eigenvalue weighted by atomic mass is 35.5. The smallest absolute Gasteiger partial charge is 0.123 e. The molecule has 0 radical (unpaired) electrons. The van der Waals surface area contributed by atoms with Crippen molar-refractivity contribution in [2.75, 3.05) is 39.3 Å². The second-order valence-electron chi connectivity index (χ2n) is 8.58. The van der Waals surface area contributed by atoms with Crippen LogP contribution in [0.2, 0.25) is 5.02 Å². The Morgan fingerprint density at radius 2 is 1.66 bits per heavy atom. The molecule has 1 N–H and O–H groups in total. The van der Waals surface area contributed by atoms with Gasteiger partial charge in [0.15, 0.2) is 0 Å². The lowest BCUT2D eigenvalue weighted by Gasteiger charge is -2.34. The Morgan fingerprint density at radius 1 is 0.875 bits per heavy atom. The van der Waals surface area contributed by atoms with Crippen molar-refractivity contribution in [1.29, 1.82) is 0 Å². The zero-order chi connectivity index (χ0) is 21.8. The van der Waals surface area contributed by atoms with Gasteiger partial charge in [-0.15, -0.1) is 10.2 Å². The number of fused-ring (bicyclic) bond motifs is 1. The monoisotopic (exact) mass is 448 g/mol. The van der Waals surface area contributed by atoms with E-state index in [0.717, 1.165) is 62.8 Å². The number of halogens is 1. The molecule has 0 aliphatic carbocycles. The summed E-state index contributed by atoms with van der Waals surface area (Å²) < 4.78 is 1.95. The molecule has 1 aliphatic rings. The Kier molecular flexibility index (Phi) is 6.53. The number of hydrogen-bond donors (Lipinski definition) is 1. The van der Waals surface area contributed by atoms with Crippen LogP contribution in [0.25, 0.3) is 16.6 Å². The average molecular weight is 449 g/mol. The molecular weight excluding hydrogens is 420 g/mol. The lowest BCUT2D eigenvalue weighted by Crippen LogP contribution is -2.47. The maximum Gasteiger partial charge on any atom is 0.123 e. The maximum atomic E-state index is 6.11. The van der Waals surface area contributed by atoms with Crippen molar-refractivity contribution in [3.8, 4) is 5.69 Å². The van der Waals surface area contributed by atoms with Gasteiger partial charge >= 0.3 is 0 Å². The Balaban J connectivity index is 1.09. The van der Waals surface area contributed by atoms with Crippen LogP contribution in [-0.4, -0.2) is 68.8 Å². The van der Waals surface area contributed by atoms with Crippen LogP contribution in [0.1, 0.15) is 17.5 Å². The molecule has 166 valence electrons. The van der Waals surface area contributed by atoms with E-state index in [1.54, 1.807) is 12.7 Å². The molecule has 1 aliphatic heterocycles. The summed E-state index contributed by atoms with van der Waals surface area (Å²) in [6.45, 7) is 6.87. The van der Waals surface area contributed by atoms with Crippen LogP contribution in [0.5, 0.6) is 0 Å². The van der Waals surface area contributed by atoms with Crippen LogP contribution in [0, 0.1) is 0 Å². The predicted octanol–water partition coefficient (Wildman–Crippen LogP) is 4.19. The number of aromatic nitrogens is 4. The highest BCUT2D eigenvalue weighted by Gasteiger charge is 2.16. The van der Waals surface area contributed by atoms with Gasteiger partial charge in [-0.05, 0) is 67.3 Å². The van der Waals surface area contributed by atoms with Gasteiger partial charge in [-0.3, -0.25) is 4.57 Å². The first-order valence-corrected chi connectivity index (χ1v) is 11.8. The van der Waals surface area contributed by atoms with Gasteiger partial charge in [-0.25, -0.2) is 0 Å². The van der Waals surface area contributed by atoms with E-state index in [1.165, 1.54) is 28.5 Å². The highest BCUT2D eigenvalue weighted by molar-refractivity contribution is 6.30. The number of aromatic amines is 1. The topological polar surface area (TPSA) is 53.0 Å². The molecule has 0 amide bonds. The number of benzene rings is 2. The SMILES string of the molecule is Clc1cccc(CCN2CCN(CCCc3c[nH]c4ccc(-n5cnnc5)cc34)CC2)c1. The number of hydrogen-bond acceptors (Lipinski definition) is 4. The third kappa shape index (κ3) is 5.04. The maximum absolute atomic E-state index is 6.11. The van der Waals surface area contributed by atoms with Crippen molar-refractivity contribution >= 4 is 22.5 Å². The molecule has 2 aromatic carbocycles. The van der Waals surface area contributed by atoms with Crippen LogP contribution in [0.4, 0.5) is 0 Å². The third-order valence-electron chi connectivity index (χ3n) is 6.46. The standard InChI is InChI=1S/C25H29ClN6/c26-22-5-1-3-20(15-22)8-10-31-13-11-30(12-14-31)9-2-4-21-17-27-25-7-6-23(16-24(21)25)32-18-28-29-19-32/h1,3,5-7,15-19,27H,2,4,8-14H2. The molecule has 0 bridgehead atoms. The number of nitrogens with one attached hydrogen (secondary N) is 1. The number of aryl methyl sites for hydroxylation is 1. The Morgan fingerprint density at radius 3 is 2.44 bits per heavy atom. The van der Waals surface area contributed by atoms with Gasteiger partial charge in [-0.2, -0.15) is 0 Å². The third-order valence-corrected chi connectivity index (χ3v) is 6.69. The van der Waals surface area contributed by atoms with Crippen LogP contribution in [0.15, 0.2) is 61.3 Å². The average Bonchev–Trinajstić information content (AvgIpc) is 3.49. The minimum Gasteiger partial charge on any atom is -0.361 e. The van der Waals surface area contributed by atoms with Crippen LogP contribution in [-0.2, 0) is 12.8 Å². The van der Waals surface area contributed by atoms with Gasteiger partial charge in [0.25, 0.3) is 0 Å². The minimum atomic E-state index is 0.831. The van der Waals surface area contributed by atoms with Gasteiger partial charge in [0.05, 0.1) is 0 Å². The van der Waals surface area contributed by atoms with Crippen molar-refractivity contribution in [3.05, 3.63) is 77.5 Å². The van der Waals surface area contributed by atoms with Gasteiger partial charge in [0.2, 0.25) is 0 Å². The summed E-state index contributed by atoms with van der Waals surface area (Å²) in [5.74, 6) is 0. The quantitative estimate of drug-likeness (QED) is 0.439. The van der Waals surface area contributed by atoms with Crippen LogP contribution in [0.3, 0.4) is 0 Å². The second kappa shape index (κ2) is 9.86. The molecule has 0 saturated carbocycles. The summed E-state index contributed by atoms with van der Waals surface area (Å²) in [6, 6.07) is 14.7. The molecule has 0 spiro atoms. The van der Waals surface area contributed by atoms with E-state index in [4.69, 9.17) is 11.6 Å². The van der Waals surface area contributed by atoms with E-state index >= 15 is 0 Å². The van der Waals surface area contributed by atoms with E-state index in [1.807, 2.05) is 16.7 Å². The Hall–Kier alpha value is -2.67. The van der Waals surface area contributed by atoms with Crippen molar-refractivity contribution < 1.29 is 0 Å². The highest BCUT2D eigenvalue weighted by Crippen LogP contribution is 2.23. The van der Waals surface area contributed by atoms with Gasteiger partial charge in [-0.1, -0.05) is 23.7 Å². The molecule has 2 aromatic heterocycles. The van der Waals surface area contributed by atoms with Crippen molar-refractivity contribution in [3.63, 3.8) is 0 Å². The molecule has 3 heterocycles. The summed E-state index contributed by atoms with van der Waals surface area (Å²) in [5, 5.41) is 9.96. The number of piperazine rings is 1. The van der Waals surface area contributed by atoms with Crippen molar-refractivity contribution in [1.82, 2.24) is 29.5 Å². The lowest BCUT2D eigenvalue weighted by atomic mass is 10.1. The number of H-pyrrole nitrogens is 1. The summed E-state index contributed by atoms with van der Waals surface area (Å²) in [6.07, 6.45) is 8.96. The predicted molar refractivity (Wildman–Crippen MR) is 130 cm³/mol. The fraction of sp³-hybridized carbons (Fsp3) is 0.360. The lowest BCUT2D eigenvalue weighted by molar-refractivity contribution is 0.132. The summed E-state index contributed by atoms with van der Waals surface area (Å²) in [7, 11) is 0. The molecule has 0 atom stereocenters. The fourth-order valence-electron chi connectivity index (χ4n) is 4.58. The molecule has 5 rings (SSSR count). The molecule has 7 heteroatoms. The Labute approximate surface area is 193 Å². The van der Waals surface area contributed by atoms with E-state index in [2.05, 4.69) is 61.5 Å². The van der Waals surface area contributed by atoms with E-state index in [9.17, 15) is 0 Å². The number of rotatable bonds is 8. The van der Waals surface area contributed by atoms with Crippen molar-refractivity contribution in [2.45, 2.75) is 19.3 Å². The summed E-state index contributed by atoms with van der Waals surface area (Å²) in [4.78, 5) is 8.59. The molecule has 0 unspecified atom stereocenters. The normalized spacial score (nSPS) is 15.5. The van der Waals surface area contributed by atoms with E-state index in [-0.39, 0.29) is 0 Å². The fourth-order valence-corrected chi connectivity index (χ4v) is 4.79. The molecule has 4 aromatic rings. The summed E-state index contributed by atoms with van der Waals surface area (Å²) >= 11 is 6.11. The van der Waals surface area contributed by atoms with E-state index < -0.39 is 0 Å². The zero-order valence-corrected chi connectivity index (χ0v) is 19.0. The first-order valence-electron chi connectivity index (χ1n) is 11.4. The molecule has 32 heavy (non-hydrogen) atoms. The largest absolute Gasteiger partial charge is 0.361 e. The molecule has 1 saturated heterocycles. The molecular formula is C25H29ClN6. The van der Waals surface area contributed by atoms with Crippen molar-refractivity contribution in [2.24, 2.45) is 0 Å². The minimum absolute atomic E-state index is 0.831. The first-order chi connectivity index (χ1) is 15.7. The molecule has 1 fully saturated rings. The first kappa shape index (κ1) is 21.2.